The lowest BCUT2D eigenvalue weighted by Crippen LogP contribution is -2.48. The summed E-state index contributed by atoms with van der Waals surface area (Å²) in [4.78, 5) is 30.0. The number of β-amino-alcohol motifs (C(OH)–C–C–N with tert-alkyl or cyclic N) is 1. The van der Waals surface area contributed by atoms with E-state index in [4.69, 9.17) is 10.2 Å². The maximum Gasteiger partial charge on any atom is 0.317 e. The monoisotopic (exact) mass is 402 g/mol. The summed E-state index contributed by atoms with van der Waals surface area (Å²) in [6, 6.07) is 0. The first-order valence-corrected chi connectivity index (χ1v) is 9.53. The summed E-state index contributed by atoms with van der Waals surface area (Å²) in [7, 11) is 0. The van der Waals surface area contributed by atoms with Crippen LogP contribution in [0.3, 0.4) is 0 Å². The number of hydrogen-bond donors (Lipinski definition) is 4. The average molecular weight is 402 g/mol. The van der Waals surface area contributed by atoms with Gasteiger partial charge in [-0.05, 0) is 6.92 Å². The molecule has 0 aromatic carbocycles. The largest absolute Gasteiger partial charge is 0.512 e. The highest BCUT2D eigenvalue weighted by molar-refractivity contribution is 5.69. The van der Waals surface area contributed by atoms with Gasteiger partial charge in [-0.15, -0.1) is 0 Å². The number of carbonyl (C=O) groups is 2. The van der Waals surface area contributed by atoms with Gasteiger partial charge in [0.25, 0.3) is 0 Å². The molecule has 4 N–H and O–H groups in total. The number of carboxylic acids is 2. The Morgan fingerprint density at radius 1 is 0.750 bits per heavy atom. The van der Waals surface area contributed by atoms with Crippen molar-refractivity contribution in [3.63, 3.8) is 0 Å². The molecule has 0 aromatic rings. The molecule has 10 nitrogen and oxygen atoms in total. The van der Waals surface area contributed by atoms with Gasteiger partial charge >= 0.3 is 11.9 Å². The molecule has 1 heterocycles. The molecule has 0 aromatic heterocycles. The molecule has 0 radical (unpaired) electrons. The summed E-state index contributed by atoms with van der Waals surface area (Å²) in [6.45, 7) is 10.0. The Hall–Kier alpha value is -1.72. The average Bonchev–Trinajstić information content (AvgIpc) is 2.55. The summed E-state index contributed by atoms with van der Waals surface area (Å²) in [5, 5.41) is 37.6. The van der Waals surface area contributed by atoms with Gasteiger partial charge in [0.1, 0.15) is 0 Å². The SMILES string of the molecule is C=C(O)CN1CCN(CC(=O)O)CCN(CC(=O)O)CCN(CC(C)O)CC1. The van der Waals surface area contributed by atoms with Crippen molar-refractivity contribution in [2.24, 2.45) is 0 Å². The maximum atomic E-state index is 11.2. The van der Waals surface area contributed by atoms with E-state index in [2.05, 4.69) is 11.5 Å². The molecule has 0 spiro atoms. The minimum atomic E-state index is -0.932. The van der Waals surface area contributed by atoms with Gasteiger partial charge in [0, 0.05) is 58.9 Å². The van der Waals surface area contributed by atoms with Crippen LogP contribution in [0.4, 0.5) is 0 Å². The number of rotatable bonds is 8. The van der Waals surface area contributed by atoms with Gasteiger partial charge in [0.05, 0.1) is 31.5 Å². The number of aliphatic carboxylic acids is 2. The highest BCUT2D eigenvalue weighted by Crippen LogP contribution is 2.03. The summed E-state index contributed by atoms with van der Waals surface area (Å²) in [6.07, 6.45) is -0.506. The lowest BCUT2D eigenvalue weighted by molar-refractivity contribution is -0.140. The lowest BCUT2D eigenvalue weighted by Gasteiger charge is -2.33. The first-order valence-electron chi connectivity index (χ1n) is 9.53. The minimum absolute atomic E-state index is 0.0478. The van der Waals surface area contributed by atoms with E-state index in [0.29, 0.717) is 65.4 Å². The van der Waals surface area contributed by atoms with E-state index in [1.54, 1.807) is 16.7 Å². The van der Waals surface area contributed by atoms with E-state index in [0.717, 1.165) is 0 Å². The van der Waals surface area contributed by atoms with Gasteiger partial charge in [0.2, 0.25) is 0 Å². The van der Waals surface area contributed by atoms with Crippen LogP contribution in [0, 0.1) is 0 Å². The molecule has 0 aliphatic carbocycles. The van der Waals surface area contributed by atoms with Crippen LogP contribution >= 0.6 is 0 Å². The fraction of sp³-hybridized carbons (Fsp3) is 0.778. The highest BCUT2D eigenvalue weighted by atomic mass is 16.4. The molecule has 1 aliphatic heterocycles. The summed E-state index contributed by atoms with van der Waals surface area (Å²) < 4.78 is 0. The van der Waals surface area contributed by atoms with Crippen molar-refractivity contribution in [2.75, 3.05) is 78.5 Å². The number of nitrogens with zero attached hydrogens (tertiary/aromatic N) is 4. The molecular formula is C18H34N4O6. The fourth-order valence-electron chi connectivity index (χ4n) is 3.25. The quantitative estimate of drug-likeness (QED) is 0.369. The zero-order chi connectivity index (χ0) is 21.1. The van der Waals surface area contributed by atoms with Gasteiger partial charge in [-0.1, -0.05) is 6.58 Å². The Morgan fingerprint density at radius 3 is 1.36 bits per heavy atom. The minimum Gasteiger partial charge on any atom is -0.512 e. The van der Waals surface area contributed by atoms with Crippen molar-refractivity contribution in [3.8, 4) is 0 Å². The molecule has 1 aliphatic rings. The second kappa shape index (κ2) is 12.7. The van der Waals surface area contributed by atoms with E-state index in [9.17, 15) is 19.8 Å². The Morgan fingerprint density at radius 2 is 1.07 bits per heavy atom. The van der Waals surface area contributed by atoms with Crippen LogP contribution < -0.4 is 0 Å². The van der Waals surface area contributed by atoms with E-state index < -0.39 is 18.0 Å². The number of aliphatic hydroxyl groups is 2. The zero-order valence-corrected chi connectivity index (χ0v) is 16.7. The molecule has 10 heteroatoms. The highest BCUT2D eigenvalue weighted by Gasteiger charge is 2.19. The second-order valence-electron chi connectivity index (χ2n) is 7.33. The Balaban J connectivity index is 2.89. The smallest absolute Gasteiger partial charge is 0.317 e. The molecule has 1 fully saturated rings. The molecule has 0 bridgehead atoms. The fourth-order valence-corrected chi connectivity index (χ4v) is 3.25. The van der Waals surface area contributed by atoms with E-state index in [-0.39, 0.29) is 18.8 Å². The van der Waals surface area contributed by atoms with Gasteiger partial charge in [-0.2, -0.15) is 0 Å². The third-order valence-electron chi connectivity index (χ3n) is 4.58. The molecule has 28 heavy (non-hydrogen) atoms. The summed E-state index contributed by atoms with van der Waals surface area (Å²) in [5.41, 5.74) is 0. The topological polar surface area (TPSA) is 128 Å². The Labute approximate surface area is 166 Å². The van der Waals surface area contributed by atoms with Crippen LogP contribution in [0.25, 0.3) is 0 Å². The van der Waals surface area contributed by atoms with Crippen LogP contribution in [0.15, 0.2) is 12.3 Å². The zero-order valence-electron chi connectivity index (χ0n) is 16.7. The van der Waals surface area contributed by atoms with Crippen LogP contribution in [-0.4, -0.2) is 137 Å². The third kappa shape index (κ3) is 11.2. The van der Waals surface area contributed by atoms with Crippen LogP contribution in [0.1, 0.15) is 6.92 Å². The van der Waals surface area contributed by atoms with Crippen molar-refractivity contribution in [2.45, 2.75) is 13.0 Å². The van der Waals surface area contributed by atoms with Gasteiger partial charge in [-0.3, -0.25) is 29.2 Å². The van der Waals surface area contributed by atoms with Crippen molar-refractivity contribution in [1.82, 2.24) is 19.6 Å². The number of hydrogen-bond acceptors (Lipinski definition) is 8. The summed E-state index contributed by atoms with van der Waals surface area (Å²) >= 11 is 0. The molecular weight excluding hydrogens is 368 g/mol. The van der Waals surface area contributed by atoms with Crippen LogP contribution in [0.5, 0.6) is 0 Å². The van der Waals surface area contributed by atoms with Crippen molar-refractivity contribution >= 4 is 11.9 Å². The first kappa shape index (κ1) is 24.3. The molecule has 162 valence electrons. The Bertz CT molecular complexity index is 484. The molecule has 0 amide bonds. The number of carboxylic acid groups (broad SMARTS) is 2. The maximum absolute atomic E-state index is 11.2. The normalized spacial score (nSPS) is 20.8. The lowest BCUT2D eigenvalue weighted by atomic mass is 10.3. The van der Waals surface area contributed by atoms with Crippen molar-refractivity contribution in [3.05, 3.63) is 12.3 Å². The second-order valence-corrected chi connectivity index (χ2v) is 7.33. The molecule has 1 saturated heterocycles. The molecule has 1 rings (SSSR count). The van der Waals surface area contributed by atoms with Crippen molar-refractivity contribution in [1.29, 1.82) is 0 Å². The molecule has 0 saturated carbocycles. The standard InChI is InChI=1S/C18H34N4O6/c1-15(23)11-19-3-4-20(12-16(2)24)6-8-22(14-18(27)28)10-9-21(7-5-19)13-17(25)26/h16,23-24H,1,3-14H2,2H3,(H,25,26)(H,27,28). The van der Waals surface area contributed by atoms with Gasteiger partial charge < -0.3 is 20.4 Å². The van der Waals surface area contributed by atoms with Gasteiger partial charge in [0.15, 0.2) is 0 Å². The van der Waals surface area contributed by atoms with Crippen molar-refractivity contribution < 1.29 is 30.0 Å². The third-order valence-corrected chi connectivity index (χ3v) is 4.58. The van der Waals surface area contributed by atoms with Gasteiger partial charge in [-0.25, -0.2) is 0 Å². The van der Waals surface area contributed by atoms with E-state index in [1.165, 1.54) is 0 Å². The van der Waals surface area contributed by atoms with E-state index >= 15 is 0 Å². The molecule has 1 unspecified atom stereocenters. The van der Waals surface area contributed by atoms with E-state index in [1.807, 2.05) is 4.90 Å². The summed E-state index contributed by atoms with van der Waals surface area (Å²) in [5.74, 6) is -1.81. The predicted octanol–water partition coefficient (Wildman–Crippen LogP) is -1.17. The first-order chi connectivity index (χ1) is 13.2. The number of aliphatic hydroxyl groups excluding tert-OH is 2. The Kier molecular flexibility index (Phi) is 11.0. The molecule has 1 atom stereocenters. The van der Waals surface area contributed by atoms with Crippen LogP contribution in [0.2, 0.25) is 0 Å². The predicted molar refractivity (Wildman–Crippen MR) is 104 cm³/mol. The van der Waals surface area contributed by atoms with Crippen LogP contribution in [-0.2, 0) is 9.59 Å².